The zero-order valence-corrected chi connectivity index (χ0v) is 18.2. The maximum absolute atomic E-state index is 11.8. The Kier molecular flexibility index (Phi) is 5.76. The largest absolute Gasteiger partial charge is 0.338 e. The Labute approximate surface area is 171 Å². The molecule has 3 atom stereocenters. The van der Waals surface area contributed by atoms with Gasteiger partial charge in [-0.15, -0.1) is 10.2 Å². The third-order valence-electron chi connectivity index (χ3n) is 5.99. The minimum atomic E-state index is -3.32. The average molecular weight is 424 g/mol. The summed E-state index contributed by atoms with van der Waals surface area (Å²) in [4.78, 5) is 2.44. The molecule has 2 fully saturated rings. The lowest BCUT2D eigenvalue weighted by molar-refractivity contribution is 0.354. The molecule has 2 aromatic rings. The minimum absolute atomic E-state index is 0.414. The van der Waals surface area contributed by atoms with E-state index in [2.05, 4.69) is 41.2 Å². The lowest BCUT2D eigenvalue weighted by atomic mass is 9.92. The first kappa shape index (κ1) is 19.8. The molecular formula is C19H29N5O2S2. The highest BCUT2D eigenvalue weighted by Gasteiger charge is 2.37. The van der Waals surface area contributed by atoms with E-state index in [1.807, 2.05) is 6.92 Å². The number of fused-ring (bicyclic) bond motifs is 1. The molecule has 1 saturated heterocycles. The van der Waals surface area contributed by atoms with Gasteiger partial charge in [0.05, 0.1) is 12.3 Å². The van der Waals surface area contributed by atoms with Crippen LogP contribution >= 0.6 is 11.3 Å². The fourth-order valence-corrected chi connectivity index (χ4v) is 6.26. The van der Waals surface area contributed by atoms with Gasteiger partial charge in [0.15, 0.2) is 5.82 Å². The van der Waals surface area contributed by atoms with Gasteiger partial charge in [0.25, 0.3) is 0 Å². The van der Waals surface area contributed by atoms with Gasteiger partial charge in [-0.3, -0.25) is 4.57 Å². The summed E-state index contributed by atoms with van der Waals surface area (Å²) in [6, 6.07) is 2.27. The molecule has 0 radical (unpaired) electrons. The second-order valence-electron chi connectivity index (χ2n) is 8.10. The lowest BCUT2D eigenvalue weighted by Gasteiger charge is -2.38. The van der Waals surface area contributed by atoms with Crippen LogP contribution in [0.25, 0.3) is 0 Å². The molecule has 28 heavy (non-hydrogen) atoms. The lowest BCUT2D eigenvalue weighted by Crippen LogP contribution is -2.44. The number of sulfonamides is 1. The predicted molar refractivity (Wildman–Crippen MR) is 112 cm³/mol. The van der Waals surface area contributed by atoms with Gasteiger partial charge in [-0.2, -0.15) is 11.3 Å². The Morgan fingerprint density at radius 1 is 1.29 bits per heavy atom. The Bertz CT molecular complexity index is 894. The van der Waals surface area contributed by atoms with Crippen LogP contribution in [0.15, 0.2) is 16.8 Å². The molecule has 1 aliphatic carbocycles. The molecule has 1 aliphatic heterocycles. The van der Waals surface area contributed by atoms with Gasteiger partial charge in [-0.25, -0.2) is 13.1 Å². The summed E-state index contributed by atoms with van der Waals surface area (Å²) in [5.41, 5.74) is 1.29. The maximum Gasteiger partial charge on any atom is 0.227 e. The van der Waals surface area contributed by atoms with E-state index in [-0.39, 0.29) is 0 Å². The first-order valence-electron chi connectivity index (χ1n) is 10.1. The van der Waals surface area contributed by atoms with Crippen molar-refractivity contribution < 1.29 is 8.42 Å². The molecule has 1 N–H and O–H groups in total. The molecule has 7 nitrogen and oxygen atoms in total. The smallest absolute Gasteiger partial charge is 0.227 e. The van der Waals surface area contributed by atoms with E-state index in [9.17, 15) is 8.42 Å². The van der Waals surface area contributed by atoms with Crippen LogP contribution in [0.4, 0.5) is 5.95 Å². The zero-order chi connectivity index (χ0) is 19.7. The molecule has 1 saturated carbocycles. The number of piperidine rings is 1. The molecule has 0 amide bonds. The highest BCUT2D eigenvalue weighted by atomic mass is 32.2. The Morgan fingerprint density at radius 2 is 2.11 bits per heavy atom. The van der Waals surface area contributed by atoms with Crippen LogP contribution in [-0.2, 0) is 23.0 Å². The number of aromatic nitrogens is 3. The summed E-state index contributed by atoms with van der Waals surface area (Å²) >= 11 is 1.70. The van der Waals surface area contributed by atoms with Crippen LogP contribution in [0.1, 0.15) is 56.5 Å². The van der Waals surface area contributed by atoms with E-state index in [0.717, 1.165) is 31.4 Å². The van der Waals surface area contributed by atoms with Crippen LogP contribution in [0.3, 0.4) is 0 Å². The molecule has 0 bridgehead atoms. The molecule has 3 heterocycles. The monoisotopic (exact) mass is 423 g/mol. The van der Waals surface area contributed by atoms with E-state index >= 15 is 0 Å². The van der Waals surface area contributed by atoms with Gasteiger partial charge >= 0.3 is 0 Å². The molecule has 0 aromatic carbocycles. The van der Waals surface area contributed by atoms with Gasteiger partial charge in [0.2, 0.25) is 16.0 Å². The summed E-state index contributed by atoms with van der Waals surface area (Å²) in [6.45, 7) is 3.59. The fourth-order valence-electron chi connectivity index (χ4n) is 4.81. The van der Waals surface area contributed by atoms with E-state index in [4.69, 9.17) is 0 Å². The van der Waals surface area contributed by atoms with Gasteiger partial charge < -0.3 is 4.90 Å². The van der Waals surface area contributed by atoms with Crippen molar-refractivity contribution in [1.82, 2.24) is 19.5 Å². The zero-order valence-electron chi connectivity index (χ0n) is 16.5. The number of rotatable bonds is 7. The topological polar surface area (TPSA) is 80.1 Å². The third-order valence-corrected chi connectivity index (χ3v) is 7.51. The van der Waals surface area contributed by atoms with Gasteiger partial charge in [0.1, 0.15) is 0 Å². The predicted octanol–water partition coefficient (Wildman–Crippen LogP) is 2.96. The second-order valence-corrected chi connectivity index (χ2v) is 10.7. The number of anilines is 1. The van der Waals surface area contributed by atoms with Crippen molar-refractivity contribution >= 4 is 27.3 Å². The molecule has 9 heteroatoms. The molecule has 2 aromatic heterocycles. The van der Waals surface area contributed by atoms with Crippen LogP contribution in [0.5, 0.6) is 0 Å². The Morgan fingerprint density at radius 3 is 2.86 bits per heavy atom. The van der Waals surface area contributed by atoms with Crippen molar-refractivity contribution in [3.05, 3.63) is 28.2 Å². The van der Waals surface area contributed by atoms with E-state index in [1.54, 1.807) is 11.3 Å². The normalized spacial score (nSPS) is 23.7. The minimum Gasteiger partial charge on any atom is -0.338 e. The molecule has 2 aliphatic rings. The van der Waals surface area contributed by atoms with E-state index < -0.39 is 16.1 Å². The van der Waals surface area contributed by atoms with Crippen LogP contribution in [0, 0.1) is 5.92 Å². The average Bonchev–Trinajstić information content (AvgIpc) is 3.37. The number of nitrogens with one attached hydrogen (secondary N) is 1. The summed E-state index contributed by atoms with van der Waals surface area (Å²) in [7, 11) is -3.32. The third kappa shape index (κ3) is 4.26. The molecule has 3 unspecified atom stereocenters. The number of thiophene rings is 1. The van der Waals surface area contributed by atoms with E-state index in [0.29, 0.717) is 11.9 Å². The van der Waals surface area contributed by atoms with Crippen LogP contribution in [0.2, 0.25) is 0 Å². The molecular weight excluding hydrogens is 394 g/mol. The maximum atomic E-state index is 11.8. The number of hydrogen-bond donors (Lipinski definition) is 1. The van der Waals surface area contributed by atoms with Crippen molar-refractivity contribution in [3.63, 3.8) is 0 Å². The molecule has 4 rings (SSSR count). The molecule has 154 valence electrons. The SMILES string of the molecule is CC(NS(C)(=O)=O)c1nnc(N2CCCC3CCCC32)n1CCc1ccsc1. The highest BCUT2D eigenvalue weighted by molar-refractivity contribution is 7.88. The van der Waals surface area contributed by atoms with Crippen molar-refractivity contribution in [2.45, 2.75) is 64.1 Å². The van der Waals surface area contributed by atoms with Crippen molar-refractivity contribution in [1.29, 1.82) is 0 Å². The van der Waals surface area contributed by atoms with Crippen LogP contribution < -0.4 is 9.62 Å². The van der Waals surface area contributed by atoms with Crippen LogP contribution in [-0.4, -0.2) is 42.0 Å². The summed E-state index contributed by atoms with van der Waals surface area (Å²) in [5.74, 6) is 2.35. The van der Waals surface area contributed by atoms with Gasteiger partial charge in [-0.1, -0.05) is 6.42 Å². The summed E-state index contributed by atoms with van der Waals surface area (Å²) < 4.78 is 28.3. The van der Waals surface area contributed by atoms with Crippen molar-refractivity contribution in [2.24, 2.45) is 5.92 Å². The first-order chi connectivity index (χ1) is 13.4. The first-order valence-corrected chi connectivity index (χ1v) is 12.9. The standard InChI is InChI=1S/C19H29N5O2S2/c1-14(22-28(2,25)26)18-20-21-19(24(18)11-8-15-9-12-27-13-15)23-10-4-6-16-5-3-7-17(16)23/h9,12-14,16-17,22H,3-8,10-11H2,1-2H3. The van der Waals surface area contributed by atoms with Crippen molar-refractivity contribution in [3.8, 4) is 0 Å². The Hall–Kier alpha value is -1.45. The van der Waals surface area contributed by atoms with E-state index in [1.165, 1.54) is 43.9 Å². The Balaban J connectivity index is 1.64. The second kappa shape index (κ2) is 8.12. The number of hydrogen-bond acceptors (Lipinski definition) is 6. The summed E-state index contributed by atoms with van der Waals surface area (Å²) in [6.07, 6.45) is 8.37. The molecule has 0 spiro atoms. The van der Waals surface area contributed by atoms with Gasteiger partial charge in [-0.05, 0) is 67.3 Å². The summed E-state index contributed by atoms with van der Waals surface area (Å²) in [5, 5.41) is 13.2. The number of aryl methyl sites for hydroxylation is 1. The fraction of sp³-hybridized carbons (Fsp3) is 0.684. The highest BCUT2D eigenvalue weighted by Crippen LogP contribution is 2.39. The number of nitrogens with zero attached hydrogens (tertiary/aromatic N) is 4. The van der Waals surface area contributed by atoms with Crippen molar-refractivity contribution in [2.75, 3.05) is 17.7 Å². The quantitative estimate of drug-likeness (QED) is 0.741. The van der Waals surface area contributed by atoms with Gasteiger partial charge in [0, 0.05) is 19.1 Å².